The maximum Gasteiger partial charge on any atom is 0.198 e. The number of nitrogens with zero attached hydrogens (tertiary/aromatic N) is 1. The molecule has 0 aliphatic rings. The van der Waals surface area contributed by atoms with E-state index in [4.69, 9.17) is 11.6 Å². The van der Waals surface area contributed by atoms with Crippen LogP contribution in [0.25, 0.3) is 21.9 Å². The highest BCUT2D eigenvalue weighted by Crippen LogP contribution is 2.28. The molecule has 0 radical (unpaired) electrons. The zero-order valence-corrected chi connectivity index (χ0v) is 12.6. The van der Waals surface area contributed by atoms with Crippen LogP contribution in [0.4, 0.5) is 0 Å². The maximum absolute atomic E-state index is 12.7. The number of phenolic OH excluding ortho intramolecular Hbond substituents is 1. The Morgan fingerprint density at radius 2 is 1.91 bits per heavy atom. The Hall–Kier alpha value is -2.85. The van der Waals surface area contributed by atoms with Crippen molar-refractivity contribution in [1.82, 2.24) is 9.97 Å². The molecular weight excluding hydrogens is 312 g/mol. The van der Waals surface area contributed by atoms with Gasteiger partial charge in [0.05, 0.1) is 5.56 Å². The fourth-order valence-electron chi connectivity index (χ4n) is 2.69. The van der Waals surface area contributed by atoms with Crippen molar-refractivity contribution in [1.29, 1.82) is 0 Å². The van der Waals surface area contributed by atoms with Gasteiger partial charge in [-0.05, 0) is 30.3 Å². The number of hydrogen-bond donors (Lipinski definition) is 2. The first-order valence-corrected chi connectivity index (χ1v) is 7.41. The van der Waals surface area contributed by atoms with Gasteiger partial charge in [0.25, 0.3) is 0 Å². The van der Waals surface area contributed by atoms with Crippen molar-refractivity contribution in [3.05, 3.63) is 70.9 Å². The zero-order chi connectivity index (χ0) is 16.0. The van der Waals surface area contributed by atoms with Crippen LogP contribution in [-0.2, 0) is 0 Å². The molecule has 0 saturated carbocycles. The van der Waals surface area contributed by atoms with Crippen molar-refractivity contribution in [3.63, 3.8) is 0 Å². The highest BCUT2D eigenvalue weighted by atomic mass is 35.5. The molecule has 0 saturated heterocycles. The largest absolute Gasteiger partial charge is 0.507 e. The Kier molecular flexibility index (Phi) is 3.06. The number of carbonyl (C=O) groups is 1. The van der Waals surface area contributed by atoms with Crippen LogP contribution in [0.15, 0.2) is 54.7 Å². The molecule has 0 spiro atoms. The molecule has 2 heterocycles. The second-order valence-electron chi connectivity index (χ2n) is 5.28. The lowest BCUT2D eigenvalue weighted by Crippen LogP contribution is -2.02. The van der Waals surface area contributed by atoms with Crippen molar-refractivity contribution in [2.75, 3.05) is 0 Å². The van der Waals surface area contributed by atoms with E-state index < -0.39 is 0 Å². The van der Waals surface area contributed by atoms with Crippen LogP contribution in [0.3, 0.4) is 0 Å². The number of H-pyrrole nitrogens is 1. The molecule has 112 valence electrons. The maximum atomic E-state index is 12.7. The van der Waals surface area contributed by atoms with Crippen molar-refractivity contribution in [3.8, 4) is 5.75 Å². The number of phenols is 1. The minimum Gasteiger partial charge on any atom is -0.507 e. The Balaban J connectivity index is 1.90. The van der Waals surface area contributed by atoms with Crippen molar-refractivity contribution in [2.45, 2.75) is 0 Å². The summed E-state index contributed by atoms with van der Waals surface area (Å²) in [4.78, 5) is 20.2. The van der Waals surface area contributed by atoms with E-state index in [0.717, 1.165) is 21.9 Å². The van der Waals surface area contributed by atoms with Gasteiger partial charge in [-0.3, -0.25) is 4.79 Å². The quantitative estimate of drug-likeness (QED) is 0.540. The lowest BCUT2D eigenvalue weighted by atomic mass is 10.0. The van der Waals surface area contributed by atoms with Crippen LogP contribution in [0.5, 0.6) is 5.75 Å². The lowest BCUT2D eigenvalue weighted by molar-refractivity contribution is 0.103. The van der Waals surface area contributed by atoms with E-state index in [2.05, 4.69) is 9.97 Å². The van der Waals surface area contributed by atoms with Gasteiger partial charge in [-0.2, -0.15) is 0 Å². The first-order chi connectivity index (χ1) is 11.1. The summed E-state index contributed by atoms with van der Waals surface area (Å²) in [6, 6.07) is 14.0. The highest BCUT2D eigenvalue weighted by Gasteiger charge is 2.16. The van der Waals surface area contributed by atoms with E-state index in [-0.39, 0.29) is 17.1 Å². The Bertz CT molecular complexity index is 1070. The first-order valence-electron chi connectivity index (χ1n) is 7.03. The van der Waals surface area contributed by atoms with Crippen molar-refractivity contribution >= 4 is 39.3 Å². The average Bonchev–Trinajstić information content (AvgIpc) is 2.94. The van der Waals surface area contributed by atoms with E-state index >= 15 is 0 Å². The predicted molar refractivity (Wildman–Crippen MR) is 90.1 cm³/mol. The Labute approximate surface area is 136 Å². The number of hydrogen-bond acceptors (Lipinski definition) is 3. The number of aromatic amines is 1. The van der Waals surface area contributed by atoms with E-state index in [1.807, 2.05) is 24.3 Å². The van der Waals surface area contributed by atoms with Crippen LogP contribution in [0.2, 0.25) is 5.02 Å². The van der Waals surface area contributed by atoms with Crippen LogP contribution >= 0.6 is 11.6 Å². The summed E-state index contributed by atoms with van der Waals surface area (Å²) in [5, 5.41) is 12.2. The summed E-state index contributed by atoms with van der Waals surface area (Å²) < 4.78 is 0. The summed E-state index contributed by atoms with van der Waals surface area (Å²) in [5.41, 5.74) is 2.25. The molecule has 5 heteroatoms. The molecule has 0 fully saturated rings. The standard InChI is InChI=1S/C18H11ClN2O2/c19-11-5-6-16(22)14(8-11)17(23)10-7-13-12-3-1-2-4-15(12)21-18(13)20-9-10/h1-9,22H,(H,20,21). The minimum absolute atomic E-state index is 0.0987. The molecule has 0 aliphatic heterocycles. The van der Waals surface area contributed by atoms with E-state index in [0.29, 0.717) is 10.6 Å². The number of aromatic hydroxyl groups is 1. The molecule has 0 bridgehead atoms. The minimum atomic E-state index is -0.315. The van der Waals surface area contributed by atoms with Crippen molar-refractivity contribution in [2.24, 2.45) is 0 Å². The Morgan fingerprint density at radius 1 is 1.09 bits per heavy atom. The third-order valence-electron chi connectivity index (χ3n) is 3.82. The molecule has 0 atom stereocenters. The number of aromatic nitrogens is 2. The summed E-state index contributed by atoms with van der Waals surface area (Å²) in [6.07, 6.45) is 1.50. The van der Waals surface area contributed by atoms with Crippen LogP contribution in [0.1, 0.15) is 15.9 Å². The van der Waals surface area contributed by atoms with Crippen molar-refractivity contribution < 1.29 is 9.90 Å². The predicted octanol–water partition coefficient (Wildman–Crippen LogP) is 4.31. The molecule has 0 unspecified atom stereocenters. The van der Waals surface area contributed by atoms with Gasteiger partial charge in [0.1, 0.15) is 11.4 Å². The second-order valence-corrected chi connectivity index (χ2v) is 5.72. The summed E-state index contributed by atoms with van der Waals surface area (Å²) in [6.45, 7) is 0. The fourth-order valence-corrected chi connectivity index (χ4v) is 2.87. The summed E-state index contributed by atoms with van der Waals surface area (Å²) >= 11 is 5.92. The highest BCUT2D eigenvalue weighted by molar-refractivity contribution is 6.31. The second kappa shape index (κ2) is 5.11. The zero-order valence-electron chi connectivity index (χ0n) is 11.9. The van der Waals surface area contributed by atoms with E-state index in [1.54, 1.807) is 6.07 Å². The Morgan fingerprint density at radius 3 is 2.78 bits per heavy atom. The van der Waals surface area contributed by atoms with Crippen LogP contribution in [-0.4, -0.2) is 20.9 Å². The van der Waals surface area contributed by atoms with Gasteiger partial charge in [0.2, 0.25) is 0 Å². The smallest absolute Gasteiger partial charge is 0.198 e. The monoisotopic (exact) mass is 322 g/mol. The number of benzene rings is 2. The normalized spacial score (nSPS) is 11.2. The molecule has 4 aromatic rings. The van der Waals surface area contributed by atoms with Gasteiger partial charge in [0.15, 0.2) is 5.78 Å². The molecule has 0 amide bonds. The number of nitrogens with one attached hydrogen (secondary N) is 1. The van der Waals surface area contributed by atoms with Gasteiger partial charge >= 0.3 is 0 Å². The number of fused-ring (bicyclic) bond motifs is 3. The third-order valence-corrected chi connectivity index (χ3v) is 4.06. The van der Waals surface area contributed by atoms with Gasteiger partial charge in [-0.25, -0.2) is 4.98 Å². The van der Waals surface area contributed by atoms with Gasteiger partial charge in [0, 0.05) is 33.1 Å². The number of rotatable bonds is 2. The topological polar surface area (TPSA) is 66.0 Å². The number of carbonyl (C=O) groups excluding carboxylic acids is 1. The van der Waals surface area contributed by atoms with E-state index in [1.165, 1.54) is 24.4 Å². The number of ketones is 1. The number of para-hydroxylation sites is 1. The molecule has 2 aromatic carbocycles. The fraction of sp³-hybridized carbons (Fsp3) is 0. The van der Waals surface area contributed by atoms with Gasteiger partial charge in [-0.1, -0.05) is 29.8 Å². The molecule has 4 nitrogen and oxygen atoms in total. The molecule has 4 rings (SSSR count). The molecule has 2 aromatic heterocycles. The van der Waals surface area contributed by atoms with Crippen LogP contribution in [0, 0.1) is 0 Å². The lowest BCUT2D eigenvalue weighted by Gasteiger charge is -2.04. The molecule has 2 N–H and O–H groups in total. The van der Waals surface area contributed by atoms with E-state index in [9.17, 15) is 9.90 Å². The van der Waals surface area contributed by atoms with Gasteiger partial charge in [-0.15, -0.1) is 0 Å². The SMILES string of the molecule is O=C(c1cnc2[nH]c3ccccc3c2c1)c1cc(Cl)ccc1O. The average molecular weight is 323 g/mol. The molecule has 23 heavy (non-hydrogen) atoms. The molecular formula is C18H11ClN2O2. The number of halogens is 1. The number of pyridine rings is 1. The summed E-state index contributed by atoms with van der Waals surface area (Å²) in [7, 11) is 0. The van der Waals surface area contributed by atoms with Gasteiger partial charge < -0.3 is 10.1 Å². The third kappa shape index (κ3) is 2.24. The molecule has 0 aliphatic carbocycles. The first kappa shape index (κ1) is 13.8. The summed E-state index contributed by atoms with van der Waals surface area (Å²) in [5.74, 6) is -0.414. The van der Waals surface area contributed by atoms with Crippen LogP contribution < -0.4 is 0 Å².